The maximum atomic E-state index is 13.1. The van der Waals surface area contributed by atoms with E-state index < -0.39 is 21.7 Å². The van der Waals surface area contributed by atoms with E-state index >= 15 is 0 Å². The molecule has 2 N–H and O–H groups in total. The van der Waals surface area contributed by atoms with Gasteiger partial charge in [-0.1, -0.05) is 6.07 Å². The zero-order valence-electron chi connectivity index (χ0n) is 12.8. The van der Waals surface area contributed by atoms with Crippen molar-refractivity contribution in [2.75, 3.05) is 11.9 Å². The summed E-state index contributed by atoms with van der Waals surface area (Å²) in [6.07, 6.45) is 2.13. The molecule has 0 atom stereocenters. The highest BCUT2D eigenvalue weighted by atomic mass is 32.2. The molecule has 0 radical (unpaired) electrons. The first-order chi connectivity index (χ1) is 11.4. The van der Waals surface area contributed by atoms with E-state index in [-0.39, 0.29) is 10.5 Å². The molecule has 0 aliphatic heterocycles. The number of amides is 1. The number of rotatable bonds is 6. The van der Waals surface area contributed by atoms with Crippen molar-refractivity contribution < 1.29 is 17.6 Å². The van der Waals surface area contributed by atoms with Gasteiger partial charge in [-0.05, 0) is 61.2 Å². The van der Waals surface area contributed by atoms with E-state index in [0.717, 1.165) is 18.9 Å². The fourth-order valence-electron chi connectivity index (χ4n) is 2.18. The Balaban J connectivity index is 1.66. The van der Waals surface area contributed by atoms with E-state index in [0.29, 0.717) is 18.2 Å². The van der Waals surface area contributed by atoms with Gasteiger partial charge >= 0.3 is 0 Å². The van der Waals surface area contributed by atoms with Crippen molar-refractivity contribution in [2.24, 2.45) is 5.92 Å². The summed E-state index contributed by atoms with van der Waals surface area (Å²) < 4.78 is 39.9. The Labute approximate surface area is 139 Å². The Kier molecular flexibility index (Phi) is 4.64. The van der Waals surface area contributed by atoms with Gasteiger partial charge < -0.3 is 5.32 Å². The number of sulfonamides is 1. The molecule has 1 aliphatic carbocycles. The van der Waals surface area contributed by atoms with E-state index in [4.69, 9.17) is 0 Å². The second kappa shape index (κ2) is 6.70. The molecular formula is C17H17FN2O3S. The quantitative estimate of drug-likeness (QED) is 0.843. The van der Waals surface area contributed by atoms with Gasteiger partial charge in [0.15, 0.2) is 0 Å². The average molecular weight is 348 g/mol. The second-order valence-corrected chi connectivity index (χ2v) is 7.55. The third-order valence-corrected chi connectivity index (χ3v) is 5.21. The van der Waals surface area contributed by atoms with Crippen LogP contribution in [-0.2, 0) is 10.0 Å². The highest BCUT2D eigenvalue weighted by molar-refractivity contribution is 7.89. The number of carbonyl (C=O) groups excluding carboxylic acids is 1. The summed E-state index contributed by atoms with van der Waals surface area (Å²) in [6.45, 7) is 0.459. The smallest absolute Gasteiger partial charge is 0.255 e. The molecule has 0 aromatic heterocycles. The van der Waals surface area contributed by atoms with Crippen LogP contribution in [0.2, 0.25) is 0 Å². The molecule has 5 nitrogen and oxygen atoms in total. The summed E-state index contributed by atoms with van der Waals surface area (Å²) in [5.41, 5.74) is 0.628. The molecule has 1 aliphatic rings. The minimum absolute atomic E-state index is 0.145. The normalized spacial score (nSPS) is 14.4. The highest BCUT2D eigenvalue weighted by Gasteiger charge is 2.24. The Bertz CT molecular complexity index is 846. The zero-order chi connectivity index (χ0) is 17.2. The zero-order valence-corrected chi connectivity index (χ0v) is 13.6. The average Bonchev–Trinajstić information content (AvgIpc) is 3.38. The van der Waals surface area contributed by atoms with Crippen LogP contribution in [0.4, 0.5) is 10.1 Å². The summed E-state index contributed by atoms with van der Waals surface area (Å²) in [5.74, 6) is -0.507. The van der Waals surface area contributed by atoms with Crippen molar-refractivity contribution in [3.05, 3.63) is 59.9 Å². The Morgan fingerprint density at radius 1 is 1.12 bits per heavy atom. The second-order valence-electron chi connectivity index (χ2n) is 5.78. The molecule has 1 amide bonds. The van der Waals surface area contributed by atoms with Crippen molar-refractivity contribution in [2.45, 2.75) is 17.7 Å². The van der Waals surface area contributed by atoms with Crippen LogP contribution in [0.25, 0.3) is 0 Å². The maximum Gasteiger partial charge on any atom is 0.255 e. The number of hydrogen-bond donors (Lipinski definition) is 2. The molecule has 0 bridgehead atoms. The van der Waals surface area contributed by atoms with E-state index in [2.05, 4.69) is 10.0 Å². The number of halogens is 1. The molecule has 126 valence electrons. The molecule has 1 fully saturated rings. The standard InChI is InChI=1S/C17H17FN2O3S/c18-14-3-1-2-13(10-14)17(21)20-15-6-8-16(9-7-15)24(22,23)19-11-12-4-5-12/h1-3,6-10,12,19H,4-5,11H2,(H,20,21). The van der Waals surface area contributed by atoms with Gasteiger partial charge in [0.2, 0.25) is 10.0 Å². The molecule has 24 heavy (non-hydrogen) atoms. The largest absolute Gasteiger partial charge is 0.322 e. The molecular weight excluding hydrogens is 331 g/mol. The van der Waals surface area contributed by atoms with Crippen LogP contribution in [0.15, 0.2) is 53.4 Å². The van der Waals surface area contributed by atoms with Crippen molar-refractivity contribution in [1.82, 2.24) is 4.72 Å². The van der Waals surface area contributed by atoms with Gasteiger partial charge in [0.1, 0.15) is 5.82 Å². The van der Waals surface area contributed by atoms with E-state index in [1.165, 1.54) is 42.5 Å². The van der Waals surface area contributed by atoms with Crippen LogP contribution >= 0.6 is 0 Å². The van der Waals surface area contributed by atoms with Gasteiger partial charge in [0, 0.05) is 17.8 Å². The lowest BCUT2D eigenvalue weighted by atomic mass is 10.2. The first kappa shape index (κ1) is 16.6. The summed E-state index contributed by atoms with van der Waals surface area (Å²) in [5, 5.41) is 2.60. The van der Waals surface area contributed by atoms with Gasteiger partial charge in [-0.2, -0.15) is 0 Å². The third kappa shape index (κ3) is 4.18. The predicted octanol–water partition coefficient (Wildman–Crippen LogP) is 2.77. The summed E-state index contributed by atoms with van der Waals surface area (Å²) in [7, 11) is -3.53. The Morgan fingerprint density at radius 2 is 1.83 bits per heavy atom. The summed E-state index contributed by atoms with van der Waals surface area (Å²) >= 11 is 0. The molecule has 7 heteroatoms. The highest BCUT2D eigenvalue weighted by Crippen LogP contribution is 2.28. The van der Waals surface area contributed by atoms with Gasteiger partial charge in [-0.3, -0.25) is 4.79 Å². The van der Waals surface area contributed by atoms with Crippen LogP contribution in [0, 0.1) is 11.7 Å². The van der Waals surface area contributed by atoms with Crippen LogP contribution in [0.5, 0.6) is 0 Å². The molecule has 3 rings (SSSR count). The van der Waals surface area contributed by atoms with Gasteiger partial charge in [0.25, 0.3) is 5.91 Å². The number of hydrogen-bond acceptors (Lipinski definition) is 3. The lowest BCUT2D eigenvalue weighted by Crippen LogP contribution is -2.25. The van der Waals surface area contributed by atoms with E-state index in [1.54, 1.807) is 0 Å². The number of benzene rings is 2. The van der Waals surface area contributed by atoms with Crippen LogP contribution in [0.1, 0.15) is 23.2 Å². The van der Waals surface area contributed by atoms with Crippen LogP contribution < -0.4 is 10.0 Å². The summed E-state index contributed by atoms with van der Waals surface area (Å²) in [4.78, 5) is 12.2. The minimum atomic E-state index is -3.53. The van der Waals surface area contributed by atoms with Crippen LogP contribution in [0.3, 0.4) is 0 Å². The van der Waals surface area contributed by atoms with Crippen molar-refractivity contribution in [1.29, 1.82) is 0 Å². The Hall–Kier alpha value is -2.25. The molecule has 0 unspecified atom stereocenters. The number of nitrogens with one attached hydrogen (secondary N) is 2. The third-order valence-electron chi connectivity index (χ3n) is 3.77. The van der Waals surface area contributed by atoms with Gasteiger partial charge in [-0.15, -0.1) is 0 Å². The first-order valence-corrected chi connectivity index (χ1v) is 9.09. The number of anilines is 1. The fourth-order valence-corrected chi connectivity index (χ4v) is 3.30. The van der Waals surface area contributed by atoms with Gasteiger partial charge in [0.05, 0.1) is 4.90 Å². The van der Waals surface area contributed by atoms with E-state index in [9.17, 15) is 17.6 Å². The van der Waals surface area contributed by atoms with Crippen LogP contribution in [-0.4, -0.2) is 20.9 Å². The molecule has 1 saturated carbocycles. The molecule has 2 aromatic carbocycles. The predicted molar refractivity (Wildman–Crippen MR) is 88.7 cm³/mol. The van der Waals surface area contributed by atoms with Crippen molar-refractivity contribution in [3.8, 4) is 0 Å². The first-order valence-electron chi connectivity index (χ1n) is 7.61. The number of carbonyl (C=O) groups is 1. The SMILES string of the molecule is O=C(Nc1ccc(S(=O)(=O)NCC2CC2)cc1)c1cccc(F)c1. The monoisotopic (exact) mass is 348 g/mol. The Morgan fingerprint density at radius 3 is 2.46 bits per heavy atom. The molecule has 0 saturated heterocycles. The molecule has 0 heterocycles. The van der Waals surface area contributed by atoms with Crippen molar-refractivity contribution in [3.63, 3.8) is 0 Å². The fraction of sp³-hybridized carbons (Fsp3) is 0.235. The topological polar surface area (TPSA) is 75.3 Å². The minimum Gasteiger partial charge on any atom is -0.322 e. The maximum absolute atomic E-state index is 13.1. The lowest BCUT2D eigenvalue weighted by Gasteiger charge is -2.08. The summed E-state index contributed by atoms with van der Waals surface area (Å²) in [6, 6.07) is 11.2. The van der Waals surface area contributed by atoms with Crippen molar-refractivity contribution >= 4 is 21.6 Å². The van der Waals surface area contributed by atoms with E-state index in [1.807, 2.05) is 0 Å². The molecule has 2 aromatic rings. The lowest BCUT2D eigenvalue weighted by molar-refractivity contribution is 0.102. The van der Waals surface area contributed by atoms with Gasteiger partial charge in [-0.25, -0.2) is 17.5 Å². The molecule has 0 spiro atoms.